The van der Waals surface area contributed by atoms with Gasteiger partial charge in [0.2, 0.25) is 11.7 Å². The van der Waals surface area contributed by atoms with Crippen molar-refractivity contribution in [3.8, 4) is 17.4 Å². The molecule has 0 aliphatic rings. The molecule has 19 heavy (non-hydrogen) atoms. The number of aromatic nitrogens is 5. The molecular formula is C12H11N5O2. The SMILES string of the molecule is COc1ccc(Cc2nc(-c3ncn[nH]3)no2)cc1. The summed E-state index contributed by atoms with van der Waals surface area (Å²) in [7, 11) is 1.64. The maximum Gasteiger partial charge on any atom is 0.239 e. The van der Waals surface area contributed by atoms with Crippen LogP contribution in [0.3, 0.4) is 0 Å². The van der Waals surface area contributed by atoms with Crippen molar-refractivity contribution in [3.05, 3.63) is 42.0 Å². The average molecular weight is 257 g/mol. The molecule has 3 rings (SSSR count). The highest BCUT2D eigenvalue weighted by atomic mass is 16.5. The van der Waals surface area contributed by atoms with Crippen LogP contribution >= 0.6 is 0 Å². The molecule has 96 valence electrons. The molecular weight excluding hydrogens is 246 g/mol. The molecule has 0 saturated carbocycles. The highest BCUT2D eigenvalue weighted by Crippen LogP contribution is 2.15. The number of hydrogen-bond donors (Lipinski definition) is 1. The van der Waals surface area contributed by atoms with E-state index in [1.54, 1.807) is 7.11 Å². The number of nitrogens with zero attached hydrogens (tertiary/aromatic N) is 4. The van der Waals surface area contributed by atoms with E-state index in [9.17, 15) is 0 Å². The Labute approximate surface area is 108 Å². The van der Waals surface area contributed by atoms with E-state index in [1.807, 2.05) is 24.3 Å². The second-order valence-electron chi connectivity index (χ2n) is 3.87. The van der Waals surface area contributed by atoms with Crippen molar-refractivity contribution in [2.45, 2.75) is 6.42 Å². The quantitative estimate of drug-likeness (QED) is 0.760. The van der Waals surface area contributed by atoms with Crippen LogP contribution in [-0.2, 0) is 6.42 Å². The molecule has 0 saturated heterocycles. The predicted octanol–water partition coefficient (Wildman–Crippen LogP) is 1.45. The zero-order chi connectivity index (χ0) is 13.1. The third-order valence-corrected chi connectivity index (χ3v) is 2.61. The van der Waals surface area contributed by atoms with Crippen molar-refractivity contribution in [1.82, 2.24) is 25.3 Å². The van der Waals surface area contributed by atoms with Crippen LogP contribution in [0, 0.1) is 0 Å². The fourth-order valence-corrected chi connectivity index (χ4v) is 1.65. The molecule has 1 aromatic carbocycles. The Kier molecular flexibility index (Phi) is 2.93. The van der Waals surface area contributed by atoms with Gasteiger partial charge in [0.05, 0.1) is 13.5 Å². The Morgan fingerprint density at radius 3 is 2.79 bits per heavy atom. The van der Waals surface area contributed by atoms with E-state index in [1.165, 1.54) is 6.33 Å². The first-order valence-electron chi connectivity index (χ1n) is 5.66. The number of aromatic amines is 1. The Balaban J connectivity index is 1.76. The summed E-state index contributed by atoms with van der Waals surface area (Å²) in [5, 5.41) is 10.3. The second-order valence-corrected chi connectivity index (χ2v) is 3.87. The molecule has 0 fully saturated rings. The van der Waals surface area contributed by atoms with Crippen LogP contribution in [0.1, 0.15) is 11.5 Å². The maximum atomic E-state index is 5.17. The molecule has 0 spiro atoms. The lowest BCUT2D eigenvalue weighted by molar-refractivity contribution is 0.385. The second kappa shape index (κ2) is 4.89. The van der Waals surface area contributed by atoms with Gasteiger partial charge in [0.15, 0.2) is 5.82 Å². The molecule has 0 aliphatic heterocycles. The van der Waals surface area contributed by atoms with Crippen molar-refractivity contribution >= 4 is 0 Å². The first-order valence-corrected chi connectivity index (χ1v) is 5.66. The van der Waals surface area contributed by atoms with Gasteiger partial charge in [-0.2, -0.15) is 10.1 Å². The molecule has 3 aromatic rings. The van der Waals surface area contributed by atoms with Crippen LogP contribution in [0.5, 0.6) is 5.75 Å². The molecule has 0 amide bonds. The predicted molar refractivity (Wildman–Crippen MR) is 65.5 cm³/mol. The minimum absolute atomic E-state index is 0.404. The van der Waals surface area contributed by atoms with E-state index in [2.05, 4.69) is 25.3 Å². The zero-order valence-electron chi connectivity index (χ0n) is 10.2. The summed E-state index contributed by atoms with van der Waals surface area (Å²) in [6.07, 6.45) is 1.96. The zero-order valence-corrected chi connectivity index (χ0v) is 10.2. The third-order valence-electron chi connectivity index (χ3n) is 2.61. The highest BCUT2D eigenvalue weighted by molar-refractivity contribution is 5.40. The minimum atomic E-state index is 0.404. The molecule has 2 heterocycles. The lowest BCUT2D eigenvalue weighted by Crippen LogP contribution is -1.90. The maximum absolute atomic E-state index is 5.17. The van der Waals surface area contributed by atoms with Crippen LogP contribution in [0.2, 0.25) is 0 Å². The van der Waals surface area contributed by atoms with Gasteiger partial charge in [-0.1, -0.05) is 17.3 Å². The number of H-pyrrole nitrogens is 1. The van der Waals surface area contributed by atoms with Crippen molar-refractivity contribution in [2.24, 2.45) is 0 Å². The van der Waals surface area contributed by atoms with Crippen LogP contribution in [0.4, 0.5) is 0 Å². The van der Waals surface area contributed by atoms with Gasteiger partial charge in [-0.3, -0.25) is 5.10 Å². The Morgan fingerprint density at radius 1 is 1.26 bits per heavy atom. The largest absolute Gasteiger partial charge is 0.497 e. The molecule has 2 aromatic heterocycles. The summed E-state index contributed by atoms with van der Waals surface area (Å²) in [4.78, 5) is 8.21. The van der Waals surface area contributed by atoms with Crippen molar-refractivity contribution in [2.75, 3.05) is 7.11 Å². The molecule has 7 heteroatoms. The van der Waals surface area contributed by atoms with Crippen LogP contribution in [-0.4, -0.2) is 32.4 Å². The first-order chi connectivity index (χ1) is 9.35. The molecule has 0 atom stereocenters. The summed E-state index contributed by atoms with van der Waals surface area (Å²) >= 11 is 0. The molecule has 0 bridgehead atoms. The number of rotatable bonds is 4. The third kappa shape index (κ3) is 2.44. The first kappa shape index (κ1) is 11.4. The fraction of sp³-hybridized carbons (Fsp3) is 0.167. The molecule has 0 unspecified atom stereocenters. The summed E-state index contributed by atoms with van der Waals surface area (Å²) < 4.78 is 10.3. The number of methoxy groups -OCH3 is 1. The smallest absolute Gasteiger partial charge is 0.239 e. The van der Waals surface area contributed by atoms with Gasteiger partial charge in [0, 0.05) is 0 Å². The van der Waals surface area contributed by atoms with E-state index in [0.29, 0.717) is 24.0 Å². The fourth-order valence-electron chi connectivity index (χ4n) is 1.65. The summed E-state index contributed by atoms with van der Waals surface area (Å²) in [6.45, 7) is 0. The molecule has 7 nitrogen and oxygen atoms in total. The van der Waals surface area contributed by atoms with Gasteiger partial charge >= 0.3 is 0 Å². The van der Waals surface area contributed by atoms with Gasteiger partial charge in [0.1, 0.15) is 12.1 Å². The summed E-state index contributed by atoms with van der Waals surface area (Å²) in [5.74, 6) is 2.24. The van der Waals surface area contributed by atoms with E-state index in [4.69, 9.17) is 9.26 Å². The number of nitrogens with one attached hydrogen (secondary N) is 1. The van der Waals surface area contributed by atoms with Gasteiger partial charge in [0.25, 0.3) is 0 Å². The molecule has 1 N–H and O–H groups in total. The van der Waals surface area contributed by atoms with Crippen LogP contribution in [0.25, 0.3) is 11.6 Å². The van der Waals surface area contributed by atoms with Crippen LogP contribution < -0.4 is 4.74 Å². The van der Waals surface area contributed by atoms with Crippen LogP contribution in [0.15, 0.2) is 35.1 Å². The van der Waals surface area contributed by atoms with E-state index in [-0.39, 0.29) is 0 Å². The standard InChI is InChI=1S/C12H11N5O2/c1-18-9-4-2-8(3-5-9)6-10-15-12(17-19-10)11-13-7-14-16-11/h2-5,7H,6H2,1H3,(H,13,14,16). The normalized spacial score (nSPS) is 10.6. The van der Waals surface area contributed by atoms with Gasteiger partial charge in [-0.05, 0) is 17.7 Å². The lowest BCUT2D eigenvalue weighted by Gasteiger charge is -2.00. The van der Waals surface area contributed by atoms with Gasteiger partial charge < -0.3 is 9.26 Å². The Morgan fingerprint density at radius 2 is 2.11 bits per heavy atom. The monoisotopic (exact) mass is 257 g/mol. The van der Waals surface area contributed by atoms with E-state index >= 15 is 0 Å². The van der Waals surface area contributed by atoms with E-state index < -0.39 is 0 Å². The highest BCUT2D eigenvalue weighted by Gasteiger charge is 2.11. The number of ether oxygens (including phenoxy) is 1. The summed E-state index contributed by atoms with van der Waals surface area (Å²) in [6, 6.07) is 7.69. The van der Waals surface area contributed by atoms with Crippen molar-refractivity contribution < 1.29 is 9.26 Å². The number of hydrogen-bond acceptors (Lipinski definition) is 6. The summed E-state index contributed by atoms with van der Waals surface area (Å²) in [5.41, 5.74) is 1.06. The number of benzene rings is 1. The van der Waals surface area contributed by atoms with Crippen molar-refractivity contribution in [3.63, 3.8) is 0 Å². The molecule has 0 aliphatic carbocycles. The molecule has 0 radical (unpaired) electrons. The van der Waals surface area contributed by atoms with Gasteiger partial charge in [-0.25, -0.2) is 4.98 Å². The topological polar surface area (TPSA) is 89.7 Å². The Bertz CT molecular complexity index is 645. The average Bonchev–Trinajstić information content (AvgIpc) is 3.10. The minimum Gasteiger partial charge on any atom is -0.497 e. The van der Waals surface area contributed by atoms with Gasteiger partial charge in [-0.15, -0.1) is 0 Å². The van der Waals surface area contributed by atoms with E-state index in [0.717, 1.165) is 11.3 Å². The van der Waals surface area contributed by atoms with Crippen molar-refractivity contribution in [1.29, 1.82) is 0 Å². The Hall–Kier alpha value is -2.70. The lowest BCUT2D eigenvalue weighted by atomic mass is 10.1.